The Kier molecular flexibility index (Phi) is 10.9. The maximum Gasteiger partial charge on any atom is 0.227 e. The summed E-state index contributed by atoms with van der Waals surface area (Å²) in [6.07, 6.45) is 15.6. The highest BCUT2D eigenvalue weighted by atomic mass is 16.3. The lowest BCUT2D eigenvalue weighted by molar-refractivity contribution is -0.119. The number of Topliss-reactive ketones (excluding diaryl/α,β-unsaturated/α-hetero) is 1. The molecular formula is C26H36O4. The molecule has 0 atom stereocenters. The van der Waals surface area contributed by atoms with E-state index in [9.17, 15) is 19.8 Å². The van der Waals surface area contributed by atoms with E-state index in [1.807, 2.05) is 13.0 Å². The van der Waals surface area contributed by atoms with Crippen LogP contribution < -0.4 is 0 Å². The molecule has 0 heterocycles. The van der Waals surface area contributed by atoms with Crippen LogP contribution in [0.5, 0.6) is 0 Å². The molecule has 0 radical (unpaired) electrons. The molecule has 0 aromatic rings. The average molecular weight is 413 g/mol. The summed E-state index contributed by atoms with van der Waals surface area (Å²) in [4.78, 5) is 23.4. The predicted molar refractivity (Wildman–Crippen MR) is 123 cm³/mol. The van der Waals surface area contributed by atoms with Crippen LogP contribution in [0.3, 0.4) is 0 Å². The van der Waals surface area contributed by atoms with Gasteiger partial charge in [0.15, 0.2) is 11.5 Å². The highest BCUT2D eigenvalue weighted by molar-refractivity contribution is 6.20. The Hall–Kier alpha value is -2.62. The topological polar surface area (TPSA) is 74.6 Å². The van der Waals surface area contributed by atoms with Crippen molar-refractivity contribution in [2.24, 2.45) is 0 Å². The fourth-order valence-corrected chi connectivity index (χ4v) is 3.12. The van der Waals surface area contributed by atoms with Gasteiger partial charge in [-0.05, 0) is 79.6 Å². The van der Waals surface area contributed by atoms with E-state index in [0.717, 1.165) is 50.2 Å². The molecule has 30 heavy (non-hydrogen) atoms. The fourth-order valence-electron chi connectivity index (χ4n) is 3.12. The lowest BCUT2D eigenvalue weighted by atomic mass is 9.96. The Labute approximate surface area is 181 Å². The number of rotatable bonds is 11. The predicted octanol–water partition coefficient (Wildman–Crippen LogP) is 6.93. The van der Waals surface area contributed by atoms with E-state index in [-0.39, 0.29) is 12.0 Å². The summed E-state index contributed by atoms with van der Waals surface area (Å²) in [6.45, 7) is 10.6. The monoisotopic (exact) mass is 412 g/mol. The van der Waals surface area contributed by atoms with Gasteiger partial charge in [-0.2, -0.15) is 0 Å². The first-order valence-electron chi connectivity index (χ1n) is 10.6. The van der Waals surface area contributed by atoms with Crippen molar-refractivity contribution in [1.29, 1.82) is 0 Å². The van der Waals surface area contributed by atoms with E-state index in [1.54, 1.807) is 0 Å². The molecule has 0 unspecified atom stereocenters. The normalized spacial score (nSPS) is 16.2. The molecule has 0 aromatic heterocycles. The standard InChI is InChI=1S/C26H36O4/c1-18(2)9-6-10-19(3)11-7-12-20(4)13-8-14-21(5)15-16-22-25(29)23(27)17-24(28)26(22)30/h9,11,13,15,17,27,30H,6-8,10,12,14,16H2,1-5H3/b19-11+,20-13+,21-15+. The maximum absolute atomic E-state index is 11.9. The van der Waals surface area contributed by atoms with Gasteiger partial charge in [0.05, 0.1) is 5.57 Å². The van der Waals surface area contributed by atoms with Crippen LogP contribution in [-0.2, 0) is 9.59 Å². The zero-order chi connectivity index (χ0) is 22.7. The minimum atomic E-state index is -0.729. The van der Waals surface area contributed by atoms with E-state index >= 15 is 0 Å². The van der Waals surface area contributed by atoms with E-state index in [4.69, 9.17) is 0 Å². The number of carbonyl (C=O) groups is 2. The molecule has 2 N–H and O–H groups in total. The second-order valence-corrected chi connectivity index (χ2v) is 8.30. The van der Waals surface area contributed by atoms with Crippen molar-refractivity contribution in [2.45, 2.75) is 79.6 Å². The second kappa shape index (κ2) is 12.8. The second-order valence-electron chi connectivity index (χ2n) is 8.30. The van der Waals surface area contributed by atoms with Gasteiger partial charge < -0.3 is 10.2 Å². The van der Waals surface area contributed by atoms with Crippen LogP contribution in [-0.4, -0.2) is 21.8 Å². The third-order valence-corrected chi connectivity index (χ3v) is 5.10. The number of aliphatic hydroxyl groups excluding tert-OH is 2. The van der Waals surface area contributed by atoms with Gasteiger partial charge in [0.25, 0.3) is 0 Å². The molecule has 0 aliphatic heterocycles. The average Bonchev–Trinajstić information content (AvgIpc) is 2.66. The van der Waals surface area contributed by atoms with Gasteiger partial charge >= 0.3 is 0 Å². The van der Waals surface area contributed by atoms with E-state index in [1.165, 1.54) is 16.7 Å². The van der Waals surface area contributed by atoms with Crippen LogP contribution >= 0.6 is 0 Å². The number of ketones is 2. The first-order valence-corrected chi connectivity index (χ1v) is 10.6. The number of allylic oxidation sites excluding steroid dienone is 10. The van der Waals surface area contributed by atoms with Gasteiger partial charge in [0.2, 0.25) is 11.6 Å². The van der Waals surface area contributed by atoms with E-state index < -0.39 is 23.1 Å². The molecule has 0 saturated carbocycles. The molecule has 1 aliphatic carbocycles. The van der Waals surface area contributed by atoms with E-state index in [2.05, 4.69) is 45.9 Å². The van der Waals surface area contributed by atoms with Crippen molar-refractivity contribution < 1.29 is 19.8 Å². The Morgan fingerprint density at radius 1 is 0.767 bits per heavy atom. The Morgan fingerprint density at radius 2 is 1.23 bits per heavy atom. The Morgan fingerprint density at radius 3 is 1.73 bits per heavy atom. The minimum Gasteiger partial charge on any atom is -0.504 e. The van der Waals surface area contributed by atoms with Crippen molar-refractivity contribution in [1.82, 2.24) is 0 Å². The van der Waals surface area contributed by atoms with Gasteiger partial charge in [0.1, 0.15) is 0 Å². The summed E-state index contributed by atoms with van der Waals surface area (Å²) < 4.78 is 0. The minimum absolute atomic E-state index is 0.0437. The highest BCUT2D eigenvalue weighted by Gasteiger charge is 2.27. The van der Waals surface area contributed by atoms with Crippen molar-refractivity contribution in [3.63, 3.8) is 0 Å². The molecule has 0 bridgehead atoms. The van der Waals surface area contributed by atoms with Gasteiger partial charge in [-0.3, -0.25) is 9.59 Å². The molecule has 4 heteroatoms. The van der Waals surface area contributed by atoms with Crippen molar-refractivity contribution in [2.75, 3.05) is 0 Å². The Balaban J connectivity index is 2.43. The highest BCUT2D eigenvalue weighted by Crippen LogP contribution is 2.21. The van der Waals surface area contributed by atoms with Gasteiger partial charge in [-0.1, -0.05) is 46.6 Å². The van der Waals surface area contributed by atoms with Crippen LogP contribution in [0.2, 0.25) is 0 Å². The lowest BCUT2D eigenvalue weighted by Gasteiger charge is -2.11. The van der Waals surface area contributed by atoms with Crippen molar-refractivity contribution in [3.05, 3.63) is 69.8 Å². The Bertz CT molecular complexity index is 825. The summed E-state index contributed by atoms with van der Waals surface area (Å²) in [6, 6.07) is 0. The molecular weight excluding hydrogens is 376 g/mol. The molecule has 0 fully saturated rings. The zero-order valence-corrected chi connectivity index (χ0v) is 19.0. The summed E-state index contributed by atoms with van der Waals surface area (Å²) in [5, 5.41) is 19.3. The zero-order valence-electron chi connectivity index (χ0n) is 19.0. The number of aliphatic hydroxyl groups is 2. The van der Waals surface area contributed by atoms with Gasteiger partial charge in [-0.15, -0.1) is 0 Å². The quantitative estimate of drug-likeness (QED) is 0.285. The van der Waals surface area contributed by atoms with Crippen LogP contribution in [0.25, 0.3) is 0 Å². The fraction of sp³-hybridized carbons (Fsp3) is 0.462. The van der Waals surface area contributed by atoms with Gasteiger partial charge in [-0.25, -0.2) is 0 Å². The number of hydrogen-bond donors (Lipinski definition) is 2. The molecule has 164 valence electrons. The third-order valence-electron chi connectivity index (χ3n) is 5.10. The summed E-state index contributed by atoms with van der Waals surface area (Å²) >= 11 is 0. The maximum atomic E-state index is 11.9. The van der Waals surface area contributed by atoms with Crippen LogP contribution in [0.1, 0.15) is 79.6 Å². The van der Waals surface area contributed by atoms with E-state index in [0.29, 0.717) is 0 Å². The molecule has 0 spiro atoms. The van der Waals surface area contributed by atoms with Crippen molar-refractivity contribution >= 4 is 11.6 Å². The van der Waals surface area contributed by atoms with Crippen LogP contribution in [0.15, 0.2) is 69.8 Å². The molecule has 0 amide bonds. The largest absolute Gasteiger partial charge is 0.504 e. The van der Waals surface area contributed by atoms with Crippen LogP contribution in [0, 0.1) is 0 Å². The van der Waals surface area contributed by atoms with Crippen LogP contribution in [0.4, 0.5) is 0 Å². The molecule has 0 saturated heterocycles. The third kappa shape index (κ3) is 9.25. The molecule has 1 aliphatic rings. The number of hydrogen-bond acceptors (Lipinski definition) is 4. The molecule has 1 rings (SSSR count). The first kappa shape index (κ1) is 25.4. The summed E-state index contributed by atoms with van der Waals surface area (Å²) in [7, 11) is 0. The SMILES string of the molecule is CC(C)=CCC/C(C)=C/CC/C(C)=C/CC/C(C)=C/CC1=C(O)C(=O)C=C(O)C1=O. The molecule has 4 nitrogen and oxygen atoms in total. The summed E-state index contributed by atoms with van der Waals surface area (Å²) in [5.74, 6) is -2.59. The molecule has 0 aromatic carbocycles. The lowest BCUT2D eigenvalue weighted by Crippen LogP contribution is -2.18. The van der Waals surface area contributed by atoms with Gasteiger partial charge in [0, 0.05) is 6.08 Å². The smallest absolute Gasteiger partial charge is 0.227 e. The number of carbonyl (C=O) groups excluding carboxylic acids is 2. The summed E-state index contributed by atoms with van der Waals surface area (Å²) in [5.41, 5.74) is 5.20. The first-order chi connectivity index (χ1) is 14.1. The van der Waals surface area contributed by atoms with Crippen molar-refractivity contribution in [3.8, 4) is 0 Å².